The van der Waals surface area contributed by atoms with Crippen molar-refractivity contribution in [3.05, 3.63) is 47.8 Å². The van der Waals surface area contributed by atoms with E-state index in [0.29, 0.717) is 0 Å². The third kappa shape index (κ3) is 3.54. The van der Waals surface area contributed by atoms with Crippen LogP contribution in [0.3, 0.4) is 0 Å². The third-order valence-electron chi connectivity index (χ3n) is 5.80. The molecule has 0 radical (unpaired) electrons. The van der Waals surface area contributed by atoms with Gasteiger partial charge in [-0.15, -0.1) is 0 Å². The number of nitrogens with one attached hydrogen (secondary N) is 1. The lowest BCUT2D eigenvalue weighted by Gasteiger charge is -2.31. The van der Waals surface area contributed by atoms with Crippen molar-refractivity contribution < 1.29 is 4.74 Å². The Morgan fingerprint density at radius 1 is 1.04 bits per heavy atom. The molecule has 26 heavy (non-hydrogen) atoms. The Kier molecular flexibility index (Phi) is 5.07. The number of ether oxygens (including phenoxy) is 1. The molecule has 2 aliphatic rings. The third-order valence-corrected chi connectivity index (χ3v) is 5.80. The van der Waals surface area contributed by atoms with Crippen molar-refractivity contribution in [2.75, 3.05) is 25.1 Å². The SMILES string of the molecule is COc1ccc(C2(NCc3ccnc(N4CCCC4)n3)CCCC2)cc1. The monoisotopic (exact) mass is 352 g/mol. The number of anilines is 1. The first-order valence-electron chi connectivity index (χ1n) is 9.76. The fourth-order valence-electron chi connectivity index (χ4n) is 4.27. The maximum absolute atomic E-state index is 5.31. The zero-order chi connectivity index (χ0) is 17.8. The van der Waals surface area contributed by atoms with E-state index >= 15 is 0 Å². The van der Waals surface area contributed by atoms with Crippen molar-refractivity contribution >= 4 is 5.95 Å². The molecule has 1 saturated carbocycles. The summed E-state index contributed by atoms with van der Waals surface area (Å²) in [6.45, 7) is 2.93. The highest BCUT2D eigenvalue weighted by Crippen LogP contribution is 2.39. The van der Waals surface area contributed by atoms with Crippen LogP contribution in [-0.2, 0) is 12.1 Å². The molecule has 0 spiro atoms. The second-order valence-corrected chi connectivity index (χ2v) is 7.41. The highest BCUT2D eigenvalue weighted by Gasteiger charge is 2.35. The molecule has 0 amide bonds. The van der Waals surface area contributed by atoms with Gasteiger partial charge in [-0.25, -0.2) is 9.97 Å². The number of nitrogens with zero attached hydrogens (tertiary/aromatic N) is 3. The summed E-state index contributed by atoms with van der Waals surface area (Å²) >= 11 is 0. The summed E-state index contributed by atoms with van der Waals surface area (Å²) in [6, 6.07) is 10.6. The molecule has 1 aromatic carbocycles. The number of aromatic nitrogens is 2. The lowest BCUT2D eigenvalue weighted by molar-refractivity contribution is 0.336. The van der Waals surface area contributed by atoms with Gasteiger partial charge in [0, 0.05) is 31.4 Å². The van der Waals surface area contributed by atoms with E-state index in [-0.39, 0.29) is 5.54 Å². The molecule has 2 aromatic rings. The number of benzene rings is 1. The van der Waals surface area contributed by atoms with E-state index in [0.717, 1.165) is 37.0 Å². The van der Waals surface area contributed by atoms with Gasteiger partial charge >= 0.3 is 0 Å². The second-order valence-electron chi connectivity index (χ2n) is 7.41. The first-order chi connectivity index (χ1) is 12.8. The van der Waals surface area contributed by atoms with E-state index in [1.54, 1.807) is 7.11 Å². The van der Waals surface area contributed by atoms with Crippen LogP contribution < -0.4 is 15.0 Å². The Morgan fingerprint density at radius 3 is 2.46 bits per heavy atom. The summed E-state index contributed by atoms with van der Waals surface area (Å²) in [6.07, 6.45) is 9.25. The molecule has 1 N–H and O–H groups in total. The molecule has 1 aliphatic heterocycles. The molecule has 5 heteroatoms. The van der Waals surface area contributed by atoms with E-state index in [2.05, 4.69) is 39.5 Å². The molecule has 5 nitrogen and oxygen atoms in total. The Labute approximate surface area is 155 Å². The highest BCUT2D eigenvalue weighted by molar-refractivity contribution is 5.34. The molecule has 1 saturated heterocycles. The number of hydrogen-bond donors (Lipinski definition) is 1. The molecule has 4 rings (SSSR count). The quantitative estimate of drug-likeness (QED) is 0.860. The van der Waals surface area contributed by atoms with E-state index in [9.17, 15) is 0 Å². The van der Waals surface area contributed by atoms with E-state index < -0.39 is 0 Å². The maximum Gasteiger partial charge on any atom is 0.225 e. The van der Waals surface area contributed by atoms with Crippen LogP contribution in [0.2, 0.25) is 0 Å². The Hall–Kier alpha value is -2.14. The Bertz CT molecular complexity index is 719. The van der Waals surface area contributed by atoms with Gasteiger partial charge in [-0.2, -0.15) is 0 Å². The van der Waals surface area contributed by atoms with Crippen molar-refractivity contribution in [3.63, 3.8) is 0 Å². The minimum atomic E-state index is 0.0467. The van der Waals surface area contributed by atoms with Crippen LogP contribution in [0.25, 0.3) is 0 Å². The smallest absolute Gasteiger partial charge is 0.225 e. The van der Waals surface area contributed by atoms with Gasteiger partial charge in [-0.3, -0.25) is 0 Å². The second kappa shape index (κ2) is 7.62. The van der Waals surface area contributed by atoms with Gasteiger partial charge in [0.1, 0.15) is 5.75 Å². The fourth-order valence-corrected chi connectivity index (χ4v) is 4.27. The number of methoxy groups -OCH3 is 1. The van der Waals surface area contributed by atoms with Gasteiger partial charge < -0.3 is 15.0 Å². The Morgan fingerprint density at radius 2 is 1.77 bits per heavy atom. The van der Waals surface area contributed by atoms with Crippen molar-refractivity contribution in [1.29, 1.82) is 0 Å². The van der Waals surface area contributed by atoms with Gasteiger partial charge in [0.25, 0.3) is 0 Å². The molecule has 1 aromatic heterocycles. The van der Waals surface area contributed by atoms with Gasteiger partial charge in [0.05, 0.1) is 12.8 Å². The lowest BCUT2D eigenvalue weighted by atomic mass is 9.88. The zero-order valence-corrected chi connectivity index (χ0v) is 15.6. The first-order valence-corrected chi connectivity index (χ1v) is 9.76. The molecular weight excluding hydrogens is 324 g/mol. The van der Waals surface area contributed by atoms with E-state index in [1.807, 2.05) is 12.3 Å². The average molecular weight is 352 g/mol. The van der Waals surface area contributed by atoms with Gasteiger partial charge in [-0.1, -0.05) is 25.0 Å². The molecule has 0 atom stereocenters. The van der Waals surface area contributed by atoms with Crippen LogP contribution in [-0.4, -0.2) is 30.2 Å². The van der Waals surface area contributed by atoms with Crippen molar-refractivity contribution in [1.82, 2.24) is 15.3 Å². The molecular formula is C21H28N4O. The largest absolute Gasteiger partial charge is 0.497 e. The van der Waals surface area contributed by atoms with Crippen molar-refractivity contribution in [2.45, 2.75) is 50.6 Å². The van der Waals surface area contributed by atoms with Crippen LogP contribution in [0.1, 0.15) is 49.8 Å². The van der Waals surface area contributed by atoms with E-state index in [1.165, 1.54) is 44.1 Å². The standard InChI is InChI=1S/C21H28N4O/c1-26-19-8-6-17(7-9-19)21(11-2-3-12-21)23-16-18-10-13-22-20(24-18)25-14-4-5-15-25/h6-10,13,23H,2-5,11-12,14-16H2,1H3. The molecule has 0 bridgehead atoms. The fraction of sp³-hybridized carbons (Fsp3) is 0.524. The predicted octanol–water partition coefficient (Wildman–Crippen LogP) is 3.64. The van der Waals surface area contributed by atoms with Gasteiger partial charge in [-0.05, 0) is 49.4 Å². The summed E-state index contributed by atoms with van der Waals surface area (Å²) in [7, 11) is 1.71. The van der Waals surface area contributed by atoms with Crippen LogP contribution in [0.5, 0.6) is 5.75 Å². The minimum Gasteiger partial charge on any atom is -0.497 e. The minimum absolute atomic E-state index is 0.0467. The van der Waals surface area contributed by atoms with Crippen LogP contribution in [0.4, 0.5) is 5.95 Å². The topological polar surface area (TPSA) is 50.3 Å². The first kappa shape index (κ1) is 17.3. The van der Waals surface area contributed by atoms with Crippen molar-refractivity contribution in [2.24, 2.45) is 0 Å². The average Bonchev–Trinajstić information content (AvgIpc) is 3.40. The summed E-state index contributed by atoms with van der Waals surface area (Å²) in [5.74, 6) is 1.79. The van der Waals surface area contributed by atoms with Gasteiger partial charge in [0.15, 0.2) is 0 Å². The van der Waals surface area contributed by atoms with Gasteiger partial charge in [0.2, 0.25) is 5.95 Å². The summed E-state index contributed by atoms with van der Waals surface area (Å²) in [5, 5.41) is 3.83. The number of hydrogen-bond acceptors (Lipinski definition) is 5. The molecule has 138 valence electrons. The summed E-state index contributed by atoms with van der Waals surface area (Å²) < 4.78 is 5.31. The summed E-state index contributed by atoms with van der Waals surface area (Å²) in [5.41, 5.74) is 2.47. The molecule has 1 aliphatic carbocycles. The van der Waals surface area contributed by atoms with Crippen LogP contribution in [0, 0.1) is 0 Å². The van der Waals surface area contributed by atoms with Crippen molar-refractivity contribution in [3.8, 4) is 5.75 Å². The predicted molar refractivity (Wildman–Crippen MR) is 103 cm³/mol. The van der Waals surface area contributed by atoms with Crippen LogP contribution in [0.15, 0.2) is 36.5 Å². The normalized spacial score (nSPS) is 19.0. The Balaban J connectivity index is 1.49. The number of rotatable bonds is 6. The molecule has 0 unspecified atom stereocenters. The van der Waals surface area contributed by atoms with Crippen LogP contribution >= 0.6 is 0 Å². The maximum atomic E-state index is 5.31. The summed E-state index contributed by atoms with van der Waals surface area (Å²) in [4.78, 5) is 11.6. The zero-order valence-electron chi connectivity index (χ0n) is 15.6. The van der Waals surface area contributed by atoms with E-state index in [4.69, 9.17) is 9.72 Å². The highest BCUT2D eigenvalue weighted by atomic mass is 16.5. The molecule has 2 fully saturated rings. The molecule has 2 heterocycles. The lowest BCUT2D eigenvalue weighted by Crippen LogP contribution is -2.39.